The molecule has 3 nitrogen and oxygen atoms in total. The van der Waals surface area contributed by atoms with Crippen molar-refractivity contribution >= 4 is 11.8 Å². The molecule has 1 fully saturated rings. The summed E-state index contributed by atoms with van der Waals surface area (Å²) in [6.07, 6.45) is 2.05. The summed E-state index contributed by atoms with van der Waals surface area (Å²) in [5.74, 6) is -0.617. The highest BCUT2D eigenvalue weighted by Crippen LogP contribution is 2.50. The summed E-state index contributed by atoms with van der Waals surface area (Å²) < 4.78 is 0. The SMILES string of the molecule is O=C1CC(C(=O)O)(C2Cc3ccccc3C2)C1. The van der Waals surface area contributed by atoms with Crippen LogP contribution in [0.2, 0.25) is 0 Å². The summed E-state index contributed by atoms with van der Waals surface area (Å²) in [6, 6.07) is 8.10. The van der Waals surface area contributed by atoms with E-state index in [0.29, 0.717) is 0 Å². The van der Waals surface area contributed by atoms with Gasteiger partial charge < -0.3 is 5.11 Å². The van der Waals surface area contributed by atoms with Gasteiger partial charge in [-0.3, -0.25) is 9.59 Å². The fourth-order valence-corrected chi connectivity index (χ4v) is 3.22. The van der Waals surface area contributed by atoms with Crippen LogP contribution in [0.1, 0.15) is 24.0 Å². The van der Waals surface area contributed by atoms with Crippen molar-refractivity contribution in [3.05, 3.63) is 35.4 Å². The van der Waals surface area contributed by atoms with Crippen LogP contribution in [0.15, 0.2) is 24.3 Å². The van der Waals surface area contributed by atoms with Crippen molar-refractivity contribution in [3.63, 3.8) is 0 Å². The first-order valence-corrected chi connectivity index (χ1v) is 5.94. The minimum Gasteiger partial charge on any atom is -0.481 e. The second kappa shape index (κ2) is 3.42. The van der Waals surface area contributed by atoms with E-state index in [-0.39, 0.29) is 24.5 Å². The van der Waals surface area contributed by atoms with Gasteiger partial charge in [0.15, 0.2) is 0 Å². The molecule has 3 rings (SSSR count). The zero-order valence-electron chi connectivity index (χ0n) is 9.48. The van der Waals surface area contributed by atoms with Crippen molar-refractivity contribution in [1.29, 1.82) is 0 Å². The van der Waals surface area contributed by atoms with E-state index in [9.17, 15) is 14.7 Å². The van der Waals surface area contributed by atoms with Crippen LogP contribution in [0.25, 0.3) is 0 Å². The Balaban J connectivity index is 1.88. The number of Topliss-reactive ketones (excluding diaryl/α,β-unsaturated/α-hetero) is 1. The van der Waals surface area contributed by atoms with Gasteiger partial charge in [0, 0.05) is 12.8 Å². The van der Waals surface area contributed by atoms with Gasteiger partial charge in [0.1, 0.15) is 5.78 Å². The molecule has 0 atom stereocenters. The van der Waals surface area contributed by atoms with Gasteiger partial charge in [-0.2, -0.15) is 0 Å². The Morgan fingerprint density at radius 1 is 1.18 bits per heavy atom. The Bertz CT molecular complexity index is 471. The van der Waals surface area contributed by atoms with Gasteiger partial charge in [0.25, 0.3) is 0 Å². The molecule has 17 heavy (non-hydrogen) atoms. The average molecular weight is 230 g/mol. The number of hydrogen-bond acceptors (Lipinski definition) is 2. The molecule has 0 aromatic heterocycles. The molecular weight excluding hydrogens is 216 g/mol. The molecule has 0 saturated heterocycles. The van der Waals surface area contributed by atoms with Crippen molar-refractivity contribution in [2.24, 2.45) is 11.3 Å². The fraction of sp³-hybridized carbons (Fsp3) is 0.429. The Morgan fingerprint density at radius 3 is 2.12 bits per heavy atom. The van der Waals surface area contributed by atoms with E-state index < -0.39 is 11.4 Å². The van der Waals surface area contributed by atoms with Crippen molar-refractivity contribution < 1.29 is 14.7 Å². The number of carbonyl (C=O) groups is 2. The van der Waals surface area contributed by atoms with Gasteiger partial charge in [-0.25, -0.2) is 0 Å². The standard InChI is InChI=1S/C14H14O3/c15-12-7-14(8-12,13(16)17)11-5-9-3-1-2-4-10(9)6-11/h1-4,11H,5-8H2,(H,16,17). The van der Waals surface area contributed by atoms with E-state index in [1.165, 1.54) is 11.1 Å². The van der Waals surface area contributed by atoms with E-state index in [1.807, 2.05) is 12.1 Å². The number of benzene rings is 1. The highest BCUT2D eigenvalue weighted by atomic mass is 16.4. The lowest BCUT2D eigenvalue weighted by Gasteiger charge is -2.41. The quantitative estimate of drug-likeness (QED) is 0.843. The molecule has 0 amide bonds. The Morgan fingerprint density at radius 2 is 1.71 bits per heavy atom. The lowest BCUT2D eigenvalue weighted by molar-refractivity contribution is -0.165. The topological polar surface area (TPSA) is 54.4 Å². The van der Waals surface area contributed by atoms with Crippen LogP contribution in [0, 0.1) is 11.3 Å². The molecule has 0 unspecified atom stereocenters. The lowest BCUT2D eigenvalue weighted by atomic mass is 9.59. The maximum atomic E-state index is 11.4. The number of hydrogen-bond donors (Lipinski definition) is 1. The monoisotopic (exact) mass is 230 g/mol. The van der Waals surface area contributed by atoms with E-state index >= 15 is 0 Å². The van der Waals surface area contributed by atoms with E-state index in [1.54, 1.807) is 0 Å². The maximum Gasteiger partial charge on any atom is 0.310 e. The summed E-state index contributed by atoms with van der Waals surface area (Å²) in [5.41, 5.74) is 1.71. The third kappa shape index (κ3) is 1.42. The summed E-state index contributed by atoms with van der Waals surface area (Å²) in [6.45, 7) is 0. The van der Waals surface area contributed by atoms with Crippen molar-refractivity contribution in [2.75, 3.05) is 0 Å². The van der Waals surface area contributed by atoms with E-state index in [4.69, 9.17) is 0 Å². The predicted octanol–water partition coefficient (Wildman–Crippen LogP) is 1.84. The minimum absolute atomic E-state index is 0.0864. The molecule has 2 aliphatic rings. The van der Waals surface area contributed by atoms with Crippen LogP contribution in [0.5, 0.6) is 0 Å². The highest BCUT2D eigenvalue weighted by Gasteiger charge is 2.56. The predicted molar refractivity (Wildman–Crippen MR) is 61.6 cm³/mol. The molecule has 1 aromatic carbocycles. The van der Waals surface area contributed by atoms with Gasteiger partial charge in [0.05, 0.1) is 5.41 Å². The Labute approximate surface area is 99.5 Å². The van der Waals surface area contributed by atoms with Crippen LogP contribution in [0.3, 0.4) is 0 Å². The third-order valence-electron chi connectivity index (χ3n) is 4.28. The Kier molecular flexibility index (Phi) is 2.12. The number of ketones is 1. The normalized spacial score (nSPS) is 22.0. The summed E-state index contributed by atoms with van der Waals surface area (Å²) in [5, 5.41) is 9.39. The van der Waals surface area contributed by atoms with Crippen LogP contribution in [-0.4, -0.2) is 16.9 Å². The zero-order chi connectivity index (χ0) is 12.0. The second-order valence-electron chi connectivity index (χ2n) is 5.23. The number of carboxylic acid groups (broad SMARTS) is 1. The van der Waals surface area contributed by atoms with Gasteiger partial charge in [0.2, 0.25) is 0 Å². The van der Waals surface area contributed by atoms with Crippen molar-refractivity contribution in [1.82, 2.24) is 0 Å². The summed E-state index contributed by atoms with van der Waals surface area (Å²) in [4.78, 5) is 22.6. The first-order valence-electron chi connectivity index (χ1n) is 5.94. The number of rotatable bonds is 2. The van der Waals surface area contributed by atoms with Crippen LogP contribution >= 0.6 is 0 Å². The number of carboxylic acids is 1. The molecule has 0 bridgehead atoms. The molecule has 0 spiro atoms. The van der Waals surface area contributed by atoms with Crippen LogP contribution < -0.4 is 0 Å². The minimum atomic E-state index is -0.796. The average Bonchev–Trinajstić information content (AvgIpc) is 2.67. The lowest BCUT2D eigenvalue weighted by Crippen LogP contribution is -2.50. The van der Waals surface area contributed by atoms with Crippen LogP contribution in [-0.2, 0) is 22.4 Å². The zero-order valence-corrected chi connectivity index (χ0v) is 9.48. The molecule has 88 valence electrons. The van der Waals surface area contributed by atoms with E-state index in [0.717, 1.165) is 12.8 Å². The molecule has 1 N–H and O–H groups in total. The smallest absolute Gasteiger partial charge is 0.310 e. The first kappa shape index (κ1) is 10.5. The molecule has 0 heterocycles. The van der Waals surface area contributed by atoms with Gasteiger partial charge in [-0.05, 0) is 29.9 Å². The summed E-state index contributed by atoms with van der Waals surface area (Å²) >= 11 is 0. The van der Waals surface area contributed by atoms with Crippen molar-refractivity contribution in [2.45, 2.75) is 25.7 Å². The maximum absolute atomic E-state index is 11.4. The Hall–Kier alpha value is -1.64. The van der Waals surface area contributed by atoms with Crippen molar-refractivity contribution in [3.8, 4) is 0 Å². The second-order valence-corrected chi connectivity index (χ2v) is 5.23. The molecule has 0 aliphatic heterocycles. The molecule has 1 saturated carbocycles. The number of aliphatic carboxylic acids is 1. The fourth-order valence-electron chi connectivity index (χ4n) is 3.22. The largest absolute Gasteiger partial charge is 0.481 e. The molecular formula is C14H14O3. The first-order chi connectivity index (χ1) is 8.12. The van der Waals surface area contributed by atoms with Gasteiger partial charge in [-0.15, -0.1) is 0 Å². The highest BCUT2D eigenvalue weighted by molar-refractivity contribution is 5.97. The summed E-state index contributed by atoms with van der Waals surface area (Å²) in [7, 11) is 0. The van der Waals surface area contributed by atoms with Gasteiger partial charge >= 0.3 is 5.97 Å². The number of carbonyl (C=O) groups excluding carboxylic acids is 1. The van der Waals surface area contributed by atoms with Gasteiger partial charge in [-0.1, -0.05) is 24.3 Å². The van der Waals surface area contributed by atoms with Crippen LogP contribution in [0.4, 0.5) is 0 Å². The molecule has 0 radical (unpaired) electrons. The molecule has 1 aromatic rings. The molecule has 2 aliphatic carbocycles. The molecule has 3 heteroatoms. The third-order valence-corrected chi connectivity index (χ3v) is 4.28. The van der Waals surface area contributed by atoms with E-state index in [2.05, 4.69) is 12.1 Å². The number of fused-ring (bicyclic) bond motifs is 1.